The van der Waals surface area contributed by atoms with Gasteiger partial charge in [0.15, 0.2) is 0 Å². The summed E-state index contributed by atoms with van der Waals surface area (Å²) in [6.45, 7) is 8.83. The third kappa shape index (κ3) is 28.8. The minimum Gasteiger partial charge on any atom is -0.0654 e. The standard InChI is InChI=1S/2C16H32O2S.2C4H9.Sn/c2*1-2-3-4-5-6-7-8-9-10-11-12-13-14-15(19)16(17)18;2*1-3-4-2;/h2*15,19H,2-14H2,1H3,(H,17,18);2*1,3-4H2,2H3;/q;;;;+2/p-2. The molecule has 0 N–H and O–H groups in total. The van der Waals surface area contributed by atoms with Crippen molar-refractivity contribution in [2.24, 2.45) is 0 Å². The van der Waals surface area contributed by atoms with E-state index in [1.165, 1.54) is 128 Å². The molecule has 0 aliphatic carbocycles. The van der Waals surface area contributed by atoms with Gasteiger partial charge in [-0.1, -0.05) is 65.2 Å². The Balaban J connectivity index is 4.55. The Labute approximate surface area is 310 Å². The number of hydrogen-bond acceptors (Lipinski definition) is 6. The van der Waals surface area contributed by atoms with Crippen LogP contribution in [0.25, 0.3) is 0 Å². The molecule has 0 aromatic carbocycles. The average molecular weight is 808 g/mol. The summed E-state index contributed by atoms with van der Waals surface area (Å²) in [6.07, 6.45) is 36.4. The second-order valence-corrected chi connectivity index (χ2v) is 24.8. The molecule has 0 radical (unpaired) electrons. The molecule has 47 heavy (non-hydrogen) atoms. The Morgan fingerprint density at radius 1 is 0.404 bits per heavy atom. The molecule has 2 atom stereocenters. The molecule has 0 bridgehead atoms. The summed E-state index contributed by atoms with van der Waals surface area (Å²) in [5.74, 6) is -0.521. The molecule has 0 aliphatic heterocycles. The van der Waals surface area contributed by atoms with Crippen molar-refractivity contribution < 1.29 is 15.7 Å². The summed E-state index contributed by atoms with van der Waals surface area (Å²) in [7, 11) is 0. The molecule has 0 spiro atoms. The van der Waals surface area contributed by atoms with Crippen molar-refractivity contribution in [2.45, 2.75) is 240 Å². The molecule has 0 fully saturated rings. The van der Waals surface area contributed by atoms with Gasteiger partial charge in [0.05, 0.1) is 0 Å². The van der Waals surface area contributed by atoms with E-state index in [0.29, 0.717) is 0 Å². The first-order valence-electron chi connectivity index (χ1n) is 20.7. The number of carbonyl (C=O) groups excluding carboxylic acids is 2. The molecule has 0 aromatic rings. The third-order valence-electron chi connectivity index (χ3n) is 9.60. The fourth-order valence-corrected chi connectivity index (χ4v) is 17.4. The molecule has 280 valence electrons. The van der Waals surface area contributed by atoms with Crippen molar-refractivity contribution in [1.82, 2.24) is 0 Å². The van der Waals surface area contributed by atoms with Gasteiger partial charge in [-0.2, -0.15) is 0 Å². The molecule has 0 aliphatic rings. The van der Waals surface area contributed by atoms with Crippen LogP contribution in [-0.2, 0) is 15.7 Å². The first-order chi connectivity index (χ1) is 22.9. The number of rotatable bonds is 36. The smallest absolute Gasteiger partial charge is 0.0654 e. The van der Waals surface area contributed by atoms with Crippen molar-refractivity contribution in [2.75, 3.05) is 0 Å². The molecule has 4 nitrogen and oxygen atoms in total. The quantitative estimate of drug-likeness (QED) is 0.0376. The van der Waals surface area contributed by atoms with Crippen LogP contribution in [0.4, 0.5) is 0 Å². The normalized spacial score (nSPS) is 13.1. The Hall–Kier alpha value is 0.439. The molecular weight excluding hydrogens is 727 g/mol. The molecule has 0 amide bonds. The molecule has 0 aromatic heterocycles. The van der Waals surface area contributed by atoms with Gasteiger partial charge in [0.1, 0.15) is 0 Å². The van der Waals surface area contributed by atoms with Gasteiger partial charge in [-0.3, -0.25) is 0 Å². The monoisotopic (exact) mass is 808 g/mol. The van der Waals surface area contributed by atoms with Crippen molar-refractivity contribution in [3.8, 4) is 0 Å². The maximum absolute atomic E-state index is 13.3. The van der Waals surface area contributed by atoms with Crippen molar-refractivity contribution >= 4 is 56.4 Å². The molecular formula is C40H80O4S2Sn. The third-order valence-corrected chi connectivity index (χ3v) is 20.2. The van der Waals surface area contributed by atoms with Gasteiger partial charge in [0.2, 0.25) is 0 Å². The summed E-state index contributed by atoms with van der Waals surface area (Å²) in [6, 6.07) is 0. The van der Waals surface area contributed by atoms with E-state index in [1.807, 2.05) is 0 Å². The molecule has 7 heteroatoms. The molecule has 0 saturated carbocycles. The summed E-state index contributed by atoms with van der Waals surface area (Å²) in [5.41, 5.74) is 0. The number of thiol groups is 2. The van der Waals surface area contributed by atoms with Crippen LogP contribution in [-0.4, -0.2) is 41.6 Å². The first kappa shape index (κ1) is 47.4. The van der Waals surface area contributed by atoms with E-state index in [0.717, 1.165) is 73.1 Å². The summed E-state index contributed by atoms with van der Waals surface area (Å²) < 4.78 is 14.1. The van der Waals surface area contributed by atoms with Crippen molar-refractivity contribution in [3.05, 3.63) is 0 Å². The van der Waals surface area contributed by atoms with Gasteiger partial charge < -0.3 is 0 Å². The second-order valence-electron chi connectivity index (χ2n) is 14.3. The fraction of sp³-hybridized carbons (Fsp3) is 0.950. The Bertz CT molecular complexity index is 650. The Morgan fingerprint density at radius 3 is 0.894 bits per heavy atom. The zero-order valence-corrected chi connectivity index (χ0v) is 36.5. The number of unbranched alkanes of at least 4 members (excludes halogenated alkanes) is 24. The number of hydrogen-bond donors (Lipinski definition) is 2. The van der Waals surface area contributed by atoms with Crippen LogP contribution >= 0.6 is 25.3 Å². The van der Waals surface area contributed by atoms with E-state index in [9.17, 15) is 9.59 Å². The van der Waals surface area contributed by atoms with E-state index < -0.39 is 29.7 Å². The van der Waals surface area contributed by atoms with Gasteiger partial charge in [-0.15, -0.1) is 0 Å². The van der Waals surface area contributed by atoms with E-state index in [-0.39, 0.29) is 11.9 Å². The van der Waals surface area contributed by atoms with Crippen LogP contribution in [0.3, 0.4) is 0 Å². The van der Waals surface area contributed by atoms with Crippen LogP contribution in [0.2, 0.25) is 8.87 Å². The van der Waals surface area contributed by atoms with Crippen LogP contribution in [0.1, 0.15) is 220 Å². The van der Waals surface area contributed by atoms with E-state index in [1.54, 1.807) is 0 Å². The topological polar surface area (TPSA) is 52.6 Å². The van der Waals surface area contributed by atoms with E-state index in [4.69, 9.17) is 6.15 Å². The van der Waals surface area contributed by atoms with Crippen LogP contribution in [0, 0.1) is 0 Å². The van der Waals surface area contributed by atoms with Gasteiger partial charge in [0.25, 0.3) is 0 Å². The molecule has 0 saturated heterocycles. The average Bonchev–Trinajstić information content (AvgIpc) is 3.07. The predicted octanol–water partition coefficient (Wildman–Crippen LogP) is 13.9. The summed E-state index contributed by atoms with van der Waals surface area (Å²) in [4.78, 5) is 26.6. The SMILES string of the molecule is CCCCCCCCCCCCCCC(S)C(=O)[O][Sn]([CH2]CCC)([CH2]CCC)[O]C(=O)C(S)CCCCCCCCCCCCCC. The van der Waals surface area contributed by atoms with Crippen LogP contribution < -0.4 is 0 Å². The zero-order chi connectivity index (χ0) is 34.9. The summed E-state index contributed by atoms with van der Waals surface area (Å²) >= 11 is 5.34. The Kier molecular flexibility index (Phi) is 35.2. The van der Waals surface area contributed by atoms with Crippen molar-refractivity contribution in [1.29, 1.82) is 0 Å². The predicted molar refractivity (Wildman–Crippen MR) is 214 cm³/mol. The van der Waals surface area contributed by atoms with E-state index in [2.05, 4.69) is 53.0 Å². The zero-order valence-electron chi connectivity index (χ0n) is 31.8. The summed E-state index contributed by atoms with van der Waals surface area (Å²) in [5, 5.41) is -0.881. The minimum absolute atomic E-state index is 0.260. The van der Waals surface area contributed by atoms with E-state index >= 15 is 0 Å². The van der Waals surface area contributed by atoms with Gasteiger partial charge in [-0.05, 0) is 0 Å². The molecule has 0 rings (SSSR count). The van der Waals surface area contributed by atoms with Gasteiger partial charge in [-0.25, -0.2) is 0 Å². The minimum atomic E-state index is -4.00. The first-order valence-corrected chi connectivity index (χ1v) is 28.1. The van der Waals surface area contributed by atoms with Crippen LogP contribution in [0.5, 0.6) is 0 Å². The van der Waals surface area contributed by atoms with Crippen molar-refractivity contribution in [3.63, 3.8) is 0 Å². The second kappa shape index (κ2) is 34.9. The fourth-order valence-electron chi connectivity index (χ4n) is 6.34. The molecule has 0 heterocycles. The van der Waals surface area contributed by atoms with Gasteiger partial charge in [0, 0.05) is 0 Å². The maximum atomic E-state index is 13.3. The number of carbonyl (C=O) groups is 2. The van der Waals surface area contributed by atoms with Crippen LogP contribution in [0.15, 0.2) is 0 Å². The Morgan fingerprint density at radius 2 is 0.638 bits per heavy atom. The van der Waals surface area contributed by atoms with Gasteiger partial charge >= 0.3 is 247 Å². The molecule has 2 unspecified atom stereocenters.